The van der Waals surface area contributed by atoms with Gasteiger partial charge in [-0.1, -0.05) is 20.8 Å². The molecular weight excluding hydrogens is 208 g/mol. The zero-order valence-electron chi connectivity index (χ0n) is 12.3. The average Bonchev–Trinajstić information content (AvgIpc) is 2.67. The summed E-state index contributed by atoms with van der Waals surface area (Å²) in [7, 11) is 4.31. The summed E-state index contributed by atoms with van der Waals surface area (Å²) < 4.78 is 0. The van der Waals surface area contributed by atoms with Gasteiger partial charge in [0.05, 0.1) is 0 Å². The van der Waals surface area contributed by atoms with Crippen molar-refractivity contribution >= 4 is 0 Å². The van der Waals surface area contributed by atoms with Gasteiger partial charge >= 0.3 is 0 Å². The van der Waals surface area contributed by atoms with E-state index in [1.54, 1.807) is 0 Å². The molecule has 2 aliphatic carbocycles. The van der Waals surface area contributed by atoms with E-state index in [-0.39, 0.29) is 0 Å². The Balaban J connectivity index is 1.87. The van der Waals surface area contributed by atoms with Crippen molar-refractivity contribution in [1.29, 1.82) is 0 Å². The normalized spacial score (nSPS) is 39.2. The lowest BCUT2D eigenvalue weighted by molar-refractivity contribution is 0.109. The van der Waals surface area contributed by atoms with Crippen LogP contribution in [0.5, 0.6) is 0 Å². The lowest BCUT2D eigenvalue weighted by Gasteiger charge is -2.43. The highest BCUT2D eigenvalue weighted by Gasteiger charge is 2.58. The molecule has 1 N–H and O–H groups in total. The van der Waals surface area contributed by atoms with Gasteiger partial charge in [0, 0.05) is 6.04 Å². The Morgan fingerprint density at radius 2 is 1.94 bits per heavy atom. The Labute approximate surface area is 107 Å². The number of nitrogens with zero attached hydrogens (tertiary/aromatic N) is 1. The molecule has 17 heavy (non-hydrogen) atoms. The van der Waals surface area contributed by atoms with Crippen LogP contribution in [0.15, 0.2) is 0 Å². The number of rotatable bonds is 5. The molecule has 2 heteroatoms. The quantitative estimate of drug-likeness (QED) is 0.741. The van der Waals surface area contributed by atoms with Gasteiger partial charge in [-0.3, -0.25) is 0 Å². The van der Waals surface area contributed by atoms with Crippen molar-refractivity contribution in [1.82, 2.24) is 10.2 Å². The van der Waals surface area contributed by atoms with Crippen LogP contribution in [0.1, 0.15) is 46.5 Å². The summed E-state index contributed by atoms with van der Waals surface area (Å²) in [6, 6.07) is 0.732. The fourth-order valence-corrected chi connectivity index (χ4v) is 4.45. The van der Waals surface area contributed by atoms with Crippen LogP contribution in [0.3, 0.4) is 0 Å². The van der Waals surface area contributed by atoms with E-state index in [1.807, 2.05) is 0 Å². The molecule has 3 unspecified atom stereocenters. The van der Waals surface area contributed by atoms with E-state index in [9.17, 15) is 0 Å². The van der Waals surface area contributed by atoms with E-state index in [4.69, 9.17) is 0 Å². The molecule has 0 amide bonds. The van der Waals surface area contributed by atoms with Crippen molar-refractivity contribution < 1.29 is 0 Å². The van der Waals surface area contributed by atoms with E-state index < -0.39 is 0 Å². The highest BCUT2D eigenvalue weighted by molar-refractivity contribution is 5.11. The molecule has 0 spiro atoms. The molecule has 0 radical (unpaired) electrons. The van der Waals surface area contributed by atoms with Crippen LogP contribution < -0.4 is 5.32 Å². The Hall–Kier alpha value is -0.0800. The molecule has 0 aromatic carbocycles. The Kier molecular flexibility index (Phi) is 3.57. The molecular formula is C15H30N2. The van der Waals surface area contributed by atoms with E-state index in [2.05, 4.69) is 45.1 Å². The van der Waals surface area contributed by atoms with Gasteiger partial charge in [-0.15, -0.1) is 0 Å². The maximum absolute atomic E-state index is 3.87. The lowest BCUT2D eigenvalue weighted by Crippen LogP contribution is -2.50. The van der Waals surface area contributed by atoms with Crippen molar-refractivity contribution in [3.8, 4) is 0 Å². The predicted octanol–water partition coefficient (Wildman–Crippen LogP) is 2.74. The Morgan fingerprint density at radius 1 is 1.24 bits per heavy atom. The molecule has 0 aromatic heterocycles. The monoisotopic (exact) mass is 238 g/mol. The van der Waals surface area contributed by atoms with Crippen LogP contribution >= 0.6 is 0 Å². The molecule has 3 atom stereocenters. The van der Waals surface area contributed by atoms with Crippen molar-refractivity contribution in [3.63, 3.8) is 0 Å². The zero-order chi connectivity index (χ0) is 12.7. The third-order valence-electron chi connectivity index (χ3n) is 5.40. The van der Waals surface area contributed by atoms with Crippen molar-refractivity contribution in [2.45, 2.75) is 52.5 Å². The summed E-state index contributed by atoms with van der Waals surface area (Å²) in [6.07, 6.45) is 5.61. The van der Waals surface area contributed by atoms with Gasteiger partial charge in [0.25, 0.3) is 0 Å². The molecule has 2 rings (SSSR count). The number of hydrogen-bond donors (Lipinski definition) is 1. The van der Waals surface area contributed by atoms with E-state index in [1.165, 1.54) is 38.8 Å². The molecule has 2 saturated carbocycles. The SMILES string of the molecule is CN(C)CCCNC1C2(C)CCC(C2)C1(C)C. The second-order valence-corrected chi connectivity index (χ2v) is 7.46. The van der Waals surface area contributed by atoms with Gasteiger partial charge in [0.15, 0.2) is 0 Å². The van der Waals surface area contributed by atoms with Gasteiger partial charge in [-0.05, 0) is 69.6 Å². The minimum Gasteiger partial charge on any atom is -0.313 e. The van der Waals surface area contributed by atoms with Crippen LogP contribution in [0.25, 0.3) is 0 Å². The molecule has 100 valence electrons. The van der Waals surface area contributed by atoms with Gasteiger partial charge in [-0.25, -0.2) is 0 Å². The maximum Gasteiger partial charge on any atom is 0.0175 e. The average molecular weight is 238 g/mol. The maximum atomic E-state index is 3.87. The topological polar surface area (TPSA) is 15.3 Å². The smallest absolute Gasteiger partial charge is 0.0175 e. The Morgan fingerprint density at radius 3 is 2.47 bits per heavy atom. The number of nitrogens with one attached hydrogen (secondary N) is 1. The standard InChI is InChI=1S/C15H30N2/c1-14(2)12-7-8-15(3,11-12)13(14)16-9-6-10-17(4)5/h12-13,16H,6-11H2,1-5H3. The fraction of sp³-hybridized carbons (Fsp3) is 1.00. The van der Waals surface area contributed by atoms with Crippen LogP contribution in [-0.2, 0) is 0 Å². The van der Waals surface area contributed by atoms with Crippen molar-refractivity contribution in [2.75, 3.05) is 27.2 Å². The summed E-state index contributed by atoms with van der Waals surface area (Å²) in [5.41, 5.74) is 1.08. The first-order valence-electron chi connectivity index (χ1n) is 7.24. The number of fused-ring (bicyclic) bond motifs is 2. The molecule has 0 aromatic rings. The first-order valence-corrected chi connectivity index (χ1v) is 7.24. The van der Waals surface area contributed by atoms with Crippen molar-refractivity contribution in [3.05, 3.63) is 0 Å². The minimum atomic E-state index is 0.505. The van der Waals surface area contributed by atoms with Crippen LogP contribution in [0.4, 0.5) is 0 Å². The second-order valence-electron chi connectivity index (χ2n) is 7.46. The highest BCUT2D eigenvalue weighted by atomic mass is 15.1. The molecule has 2 nitrogen and oxygen atoms in total. The number of hydrogen-bond acceptors (Lipinski definition) is 2. The highest BCUT2D eigenvalue weighted by Crippen LogP contribution is 2.62. The lowest BCUT2D eigenvalue weighted by atomic mass is 9.68. The molecule has 2 fully saturated rings. The van der Waals surface area contributed by atoms with Gasteiger partial charge in [0.1, 0.15) is 0 Å². The van der Waals surface area contributed by atoms with Crippen LogP contribution in [-0.4, -0.2) is 38.1 Å². The zero-order valence-corrected chi connectivity index (χ0v) is 12.3. The van der Waals surface area contributed by atoms with Gasteiger partial charge in [-0.2, -0.15) is 0 Å². The molecule has 2 bridgehead atoms. The van der Waals surface area contributed by atoms with E-state index in [0.29, 0.717) is 10.8 Å². The third kappa shape index (κ3) is 2.39. The summed E-state index contributed by atoms with van der Waals surface area (Å²) >= 11 is 0. The van der Waals surface area contributed by atoms with Crippen molar-refractivity contribution in [2.24, 2.45) is 16.7 Å². The predicted molar refractivity (Wildman–Crippen MR) is 74.2 cm³/mol. The summed E-state index contributed by atoms with van der Waals surface area (Å²) in [5.74, 6) is 0.957. The second kappa shape index (κ2) is 4.55. The molecule has 0 saturated heterocycles. The fourth-order valence-electron chi connectivity index (χ4n) is 4.45. The van der Waals surface area contributed by atoms with E-state index in [0.717, 1.165) is 12.0 Å². The van der Waals surface area contributed by atoms with Gasteiger partial charge in [0.2, 0.25) is 0 Å². The van der Waals surface area contributed by atoms with Crippen LogP contribution in [0, 0.1) is 16.7 Å². The minimum absolute atomic E-state index is 0.505. The summed E-state index contributed by atoms with van der Waals surface area (Å²) in [4.78, 5) is 2.27. The largest absolute Gasteiger partial charge is 0.313 e. The van der Waals surface area contributed by atoms with Gasteiger partial charge < -0.3 is 10.2 Å². The first kappa shape index (κ1) is 13.4. The molecule has 0 aliphatic heterocycles. The summed E-state index contributed by atoms with van der Waals surface area (Å²) in [5, 5.41) is 3.87. The Bertz CT molecular complexity index is 267. The first-order chi connectivity index (χ1) is 7.86. The van der Waals surface area contributed by atoms with E-state index >= 15 is 0 Å². The third-order valence-corrected chi connectivity index (χ3v) is 5.40. The summed E-state index contributed by atoms with van der Waals surface area (Å²) in [6.45, 7) is 9.83. The van der Waals surface area contributed by atoms with Crippen LogP contribution in [0.2, 0.25) is 0 Å². The molecule has 0 heterocycles. The molecule has 2 aliphatic rings.